The summed E-state index contributed by atoms with van der Waals surface area (Å²) < 4.78 is 5.44. The lowest BCUT2D eigenvalue weighted by atomic mass is 10.2. The molecule has 0 aliphatic carbocycles. The molecule has 3 N–H and O–H groups in total. The summed E-state index contributed by atoms with van der Waals surface area (Å²) in [5.74, 6) is -1.80. The minimum atomic E-state index is -0.943. The molecule has 0 fully saturated rings. The quantitative estimate of drug-likeness (QED) is 0.238. The highest BCUT2D eigenvalue weighted by atomic mass is 35.5. The molecular formula is C23H17Cl3N4O4. The molecule has 174 valence electrons. The van der Waals surface area contributed by atoms with Crippen LogP contribution in [-0.2, 0) is 14.4 Å². The summed E-state index contributed by atoms with van der Waals surface area (Å²) in [5, 5.41) is 9.78. The van der Waals surface area contributed by atoms with Gasteiger partial charge in [-0.25, -0.2) is 5.43 Å². The molecule has 0 saturated heterocycles. The fraction of sp³-hybridized carbons (Fsp3) is 0.0435. The molecule has 3 rings (SSSR count). The number of hydrogen-bond acceptors (Lipinski definition) is 5. The number of nitrogens with one attached hydrogen (secondary N) is 3. The highest BCUT2D eigenvalue weighted by Gasteiger charge is 2.13. The number of carbonyl (C=O) groups excluding carboxylic acids is 3. The van der Waals surface area contributed by atoms with Gasteiger partial charge < -0.3 is 15.4 Å². The maximum absolute atomic E-state index is 12.1. The summed E-state index contributed by atoms with van der Waals surface area (Å²) >= 11 is 17.8. The Morgan fingerprint density at radius 2 is 1.62 bits per heavy atom. The molecule has 0 bridgehead atoms. The van der Waals surface area contributed by atoms with E-state index in [0.717, 1.165) is 0 Å². The average Bonchev–Trinajstić information content (AvgIpc) is 2.81. The van der Waals surface area contributed by atoms with Gasteiger partial charge in [0.25, 0.3) is 5.91 Å². The van der Waals surface area contributed by atoms with E-state index in [0.29, 0.717) is 32.7 Å². The third-order valence-corrected chi connectivity index (χ3v) is 5.20. The number of ether oxygens (including phenoxy) is 1. The predicted molar refractivity (Wildman–Crippen MR) is 133 cm³/mol. The Morgan fingerprint density at radius 1 is 0.882 bits per heavy atom. The molecule has 3 amide bonds. The minimum absolute atomic E-state index is 0.242. The van der Waals surface area contributed by atoms with Crippen molar-refractivity contribution in [2.45, 2.75) is 0 Å². The van der Waals surface area contributed by atoms with E-state index in [4.69, 9.17) is 39.5 Å². The summed E-state index contributed by atoms with van der Waals surface area (Å²) in [6, 6.07) is 17.8. The van der Waals surface area contributed by atoms with Crippen molar-refractivity contribution in [1.82, 2.24) is 5.43 Å². The predicted octanol–water partition coefficient (Wildman–Crippen LogP) is 4.75. The second-order valence-electron chi connectivity index (χ2n) is 6.67. The highest BCUT2D eigenvalue weighted by molar-refractivity contribution is 6.44. The van der Waals surface area contributed by atoms with Gasteiger partial charge in [-0.3, -0.25) is 14.4 Å². The van der Waals surface area contributed by atoms with E-state index in [1.807, 2.05) is 0 Å². The first-order valence-corrected chi connectivity index (χ1v) is 10.8. The Morgan fingerprint density at radius 3 is 2.35 bits per heavy atom. The molecule has 0 aliphatic heterocycles. The van der Waals surface area contributed by atoms with E-state index in [-0.39, 0.29) is 11.6 Å². The monoisotopic (exact) mass is 518 g/mol. The molecule has 0 heterocycles. The number of benzene rings is 3. The standard InChI is InChI=1S/C23H17Cl3N4O4/c24-15-3-1-4-16(11-15)28-22(32)23(33)30-27-12-14-7-9-17(10-8-14)34-13-20(31)29-19-6-2-5-18(25)21(19)26/h1-12H,13H2,(H,28,32)(H,29,31)(H,30,33)/b27-12-. The normalized spacial score (nSPS) is 10.6. The number of halogens is 3. The first-order valence-electron chi connectivity index (χ1n) is 9.68. The van der Waals surface area contributed by atoms with Crippen LogP contribution in [0.4, 0.5) is 11.4 Å². The molecule has 3 aromatic rings. The van der Waals surface area contributed by atoms with Crippen molar-refractivity contribution in [3.63, 3.8) is 0 Å². The molecule has 0 saturated carbocycles. The summed E-state index contributed by atoms with van der Waals surface area (Å²) in [4.78, 5) is 35.8. The van der Waals surface area contributed by atoms with Crippen LogP contribution in [0.15, 0.2) is 71.8 Å². The fourth-order valence-electron chi connectivity index (χ4n) is 2.56. The molecule has 0 radical (unpaired) electrons. The van der Waals surface area contributed by atoms with E-state index >= 15 is 0 Å². The third-order valence-electron chi connectivity index (χ3n) is 4.14. The lowest BCUT2D eigenvalue weighted by Gasteiger charge is -2.09. The molecule has 0 atom stereocenters. The van der Waals surface area contributed by atoms with Gasteiger partial charge in [-0.2, -0.15) is 5.10 Å². The van der Waals surface area contributed by atoms with Gasteiger partial charge in [-0.1, -0.05) is 46.9 Å². The molecule has 0 unspecified atom stereocenters. The van der Waals surface area contributed by atoms with E-state index < -0.39 is 17.7 Å². The van der Waals surface area contributed by atoms with Crippen molar-refractivity contribution >= 4 is 70.1 Å². The summed E-state index contributed by atoms with van der Waals surface area (Å²) in [6.45, 7) is -0.242. The second-order valence-corrected chi connectivity index (χ2v) is 7.89. The smallest absolute Gasteiger partial charge is 0.329 e. The van der Waals surface area contributed by atoms with Crippen LogP contribution in [-0.4, -0.2) is 30.5 Å². The third kappa shape index (κ3) is 7.48. The fourth-order valence-corrected chi connectivity index (χ4v) is 3.09. The zero-order valence-electron chi connectivity index (χ0n) is 17.3. The van der Waals surface area contributed by atoms with Crippen molar-refractivity contribution in [2.24, 2.45) is 5.10 Å². The van der Waals surface area contributed by atoms with Crippen LogP contribution in [0, 0.1) is 0 Å². The maximum Gasteiger partial charge on any atom is 0.329 e. The lowest BCUT2D eigenvalue weighted by Crippen LogP contribution is -2.32. The molecular weight excluding hydrogens is 503 g/mol. The van der Waals surface area contributed by atoms with Gasteiger partial charge in [0.2, 0.25) is 0 Å². The van der Waals surface area contributed by atoms with Crippen molar-refractivity contribution in [3.05, 3.63) is 87.4 Å². The number of hydrogen-bond donors (Lipinski definition) is 3. The van der Waals surface area contributed by atoms with Crippen LogP contribution in [0.3, 0.4) is 0 Å². The number of hydrazone groups is 1. The van der Waals surface area contributed by atoms with Crippen molar-refractivity contribution < 1.29 is 19.1 Å². The Balaban J connectivity index is 1.44. The molecule has 34 heavy (non-hydrogen) atoms. The summed E-state index contributed by atoms with van der Waals surface area (Å²) in [5.41, 5.74) is 3.53. The van der Waals surface area contributed by atoms with Crippen LogP contribution >= 0.6 is 34.8 Å². The lowest BCUT2D eigenvalue weighted by molar-refractivity contribution is -0.136. The van der Waals surface area contributed by atoms with Gasteiger partial charge in [0.1, 0.15) is 5.75 Å². The van der Waals surface area contributed by atoms with Gasteiger partial charge in [0.15, 0.2) is 6.61 Å². The Hall–Kier alpha value is -3.59. The van der Waals surface area contributed by atoms with E-state index in [2.05, 4.69) is 21.2 Å². The number of anilines is 2. The second kappa shape index (κ2) is 12.0. The maximum atomic E-state index is 12.1. The Labute approximate surface area is 209 Å². The number of carbonyl (C=O) groups is 3. The van der Waals surface area contributed by atoms with Crippen molar-refractivity contribution in [2.75, 3.05) is 17.2 Å². The van der Waals surface area contributed by atoms with E-state index in [1.54, 1.807) is 60.7 Å². The van der Waals surface area contributed by atoms with Crippen LogP contribution in [0.25, 0.3) is 0 Å². The highest BCUT2D eigenvalue weighted by Crippen LogP contribution is 2.29. The molecule has 0 spiro atoms. The Bertz CT molecular complexity index is 1230. The van der Waals surface area contributed by atoms with Crippen LogP contribution in [0.1, 0.15) is 5.56 Å². The van der Waals surface area contributed by atoms with E-state index in [9.17, 15) is 14.4 Å². The van der Waals surface area contributed by atoms with Gasteiger partial charge >= 0.3 is 11.8 Å². The number of nitrogens with zero attached hydrogens (tertiary/aromatic N) is 1. The van der Waals surface area contributed by atoms with E-state index in [1.165, 1.54) is 12.3 Å². The summed E-state index contributed by atoms with van der Waals surface area (Å²) in [7, 11) is 0. The van der Waals surface area contributed by atoms with Crippen molar-refractivity contribution in [3.8, 4) is 5.75 Å². The van der Waals surface area contributed by atoms with Gasteiger partial charge in [0.05, 0.1) is 21.9 Å². The first-order chi connectivity index (χ1) is 16.3. The van der Waals surface area contributed by atoms with Crippen molar-refractivity contribution in [1.29, 1.82) is 0 Å². The molecule has 11 heteroatoms. The van der Waals surface area contributed by atoms with Gasteiger partial charge in [0, 0.05) is 10.7 Å². The zero-order chi connectivity index (χ0) is 24.5. The topological polar surface area (TPSA) is 109 Å². The molecule has 0 aliphatic rings. The average molecular weight is 520 g/mol. The van der Waals surface area contributed by atoms with Crippen LogP contribution in [0.5, 0.6) is 5.75 Å². The minimum Gasteiger partial charge on any atom is -0.484 e. The van der Waals surface area contributed by atoms with Crippen LogP contribution in [0.2, 0.25) is 15.1 Å². The van der Waals surface area contributed by atoms with Crippen LogP contribution < -0.4 is 20.8 Å². The Kier molecular flexibility index (Phi) is 8.86. The van der Waals surface area contributed by atoms with Gasteiger partial charge in [-0.15, -0.1) is 0 Å². The first kappa shape index (κ1) is 25.0. The molecule has 8 nitrogen and oxygen atoms in total. The molecule has 0 aromatic heterocycles. The zero-order valence-corrected chi connectivity index (χ0v) is 19.6. The molecule has 3 aromatic carbocycles. The number of rotatable bonds is 7. The number of amides is 3. The SMILES string of the molecule is O=C(COc1ccc(/C=N\NC(=O)C(=O)Nc2cccc(Cl)c2)cc1)Nc1cccc(Cl)c1Cl. The largest absolute Gasteiger partial charge is 0.484 e. The van der Waals surface area contributed by atoms with Gasteiger partial charge in [-0.05, 0) is 60.2 Å². The summed E-state index contributed by atoms with van der Waals surface area (Å²) in [6.07, 6.45) is 1.35.